The van der Waals surface area contributed by atoms with E-state index in [9.17, 15) is 9.18 Å². The van der Waals surface area contributed by atoms with Crippen molar-refractivity contribution in [2.45, 2.75) is 25.8 Å². The van der Waals surface area contributed by atoms with Gasteiger partial charge in [-0.15, -0.1) is 0 Å². The lowest BCUT2D eigenvalue weighted by atomic mass is 9.77. The summed E-state index contributed by atoms with van der Waals surface area (Å²) in [5, 5.41) is 7.43. The standard InChI is InChI=1S/C26H23ClFN3O2/c1-2-33-26(32)17-6-10-20-16(13-17)5-11-21-24(20)30-31(19-9-12-23(29)22(27)14-19)25(21)15-3-7-18(28)8-4-15/h3-4,6-10,12-14,21,25H,2,5,11,29H2,1H3. The summed E-state index contributed by atoms with van der Waals surface area (Å²) in [5.41, 5.74) is 11.8. The summed E-state index contributed by atoms with van der Waals surface area (Å²) in [6.07, 6.45) is 1.65. The third kappa shape index (κ3) is 3.85. The van der Waals surface area contributed by atoms with Crippen molar-refractivity contribution in [2.75, 3.05) is 17.3 Å². The number of anilines is 2. The second-order valence-corrected chi connectivity index (χ2v) is 8.68. The molecule has 5 rings (SSSR count). The molecule has 5 nitrogen and oxygen atoms in total. The Morgan fingerprint density at radius 1 is 1.18 bits per heavy atom. The highest BCUT2D eigenvalue weighted by Crippen LogP contribution is 2.46. The molecule has 1 aliphatic heterocycles. The number of nitrogens with zero attached hydrogens (tertiary/aromatic N) is 2. The second-order valence-electron chi connectivity index (χ2n) is 8.27. The van der Waals surface area contributed by atoms with Crippen molar-refractivity contribution in [1.82, 2.24) is 0 Å². The van der Waals surface area contributed by atoms with Crippen LogP contribution in [0.4, 0.5) is 15.8 Å². The number of hydrazone groups is 1. The Bertz CT molecular complexity index is 1260. The van der Waals surface area contributed by atoms with Gasteiger partial charge in [-0.25, -0.2) is 9.18 Å². The predicted octanol–water partition coefficient (Wildman–Crippen LogP) is 5.77. The number of carbonyl (C=O) groups is 1. The van der Waals surface area contributed by atoms with Gasteiger partial charge in [0.1, 0.15) is 5.82 Å². The number of fused-ring (bicyclic) bond motifs is 3. The van der Waals surface area contributed by atoms with Crippen LogP contribution in [0.15, 0.2) is 65.8 Å². The Kier molecular flexibility index (Phi) is 5.54. The minimum atomic E-state index is -0.321. The fraction of sp³-hybridized carbons (Fsp3) is 0.231. The number of benzene rings is 3. The lowest BCUT2D eigenvalue weighted by Gasteiger charge is -2.31. The molecule has 3 aromatic carbocycles. The number of carbonyl (C=O) groups excluding carboxylic acids is 1. The average Bonchev–Trinajstić information content (AvgIpc) is 3.21. The number of aryl methyl sites for hydroxylation is 1. The maximum atomic E-state index is 13.7. The SMILES string of the molecule is CCOC(=O)c1ccc2c(c1)CCC1C2=NN(c2ccc(N)c(Cl)c2)C1c1ccc(F)cc1. The van der Waals surface area contributed by atoms with Crippen LogP contribution in [-0.2, 0) is 11.2 Å². The average molecular weight is 464 g/mol. The largest absolute Gasteiger partial charge is 0.462 e. The van der Waals surface area contributed by atoms with E-state index in [1.54, 1.807) is 25.1 Å². The van der Waals surface area contributed by atoms with Crippen LogP contribution in [0.5, 0.6) is 0 Å². The van der Waals surface area contributed by atoms with E-state index in [0.29, 0.717) is 22.9 Å². The highest BCUT2D eigenvalue weighted by Gasteiger charge is 2.42. The van der Waals surface area contributed by atoms with Gasteiger partial charge in [0.15, 0.2) is 0 Å². The van der Waals surface area contributed by atoms with Crippen LogP contribution in [-0.4, -0.2) is 18.3 Å². The number of rotatable bonds is 4. The van der Waals surface area contributed by atoms with Crippen molar-refractivity contribution in [2.24, 2.45) is 11.0 Å². The van der Waals surface area contributed by atoms with Crippen molar-refractivity contribution in [3.05, 3.63) is 93.8 Å². The molecule has 1 aliphatic carbocycles. The molecule has 0 radical (unpaired) electrons. The Morgan fingerprint density at radius 2 is 1.97 bits per heavy atom. The highest BCUT2D eigenvalue weighted by molar-refractivity contribution is 6.33. The fourth-order valence-electron chi connectivity index (χ4n) is 4.73. The molecule has 0 saturated carbocycles. The summed E-state index contributed by atoms with van der Waals surface area (Å²) < 4.78 is 18.8. The molecule has 0 bridgehead atoms. The summed E-state index contributed by atoms with van der Waals surface area (Å²) in [6.45, 7) is 2.13. The maximum absolute atomic E-state index is 13.7. The van der Waals surface area contributed by atoms with Gasteiger partial charge in [-0.2, -0.15) is 5.10 Å². The molecule has 0 aromatic heterocycles. The van der Waals surface area contributed by atoms with E-state index in [1.165, 1.54) is 12.1 Å². The molecule has 2 atom stereocenters. The van der Waals surface area contributed by atoms with E-state index in [2.05, 4.69) is 0 Å². The molecule has 1 heterocycles. The molecule has 0 amide bonds. The zero-order chi connectivity index (χ0) is 23.1. The van der Waals surface area contributed by atoms with E-state index in [0.717, 1.165) is 40.9 Å². The minimum absolute atomic E-state index is 0.104. The fourth-order valence-corrected chi connectivity index (χ4v) is 4.91. The molecule has 2 unspecified atom stereocenters. The lowest BCUT2D eigenvalue weighted by Crippen LogP contribution is -2.29. The third-order valence-electron chi connectivity index (χ3n) is 6.29. The Balaban J connectivity index is 1.59. The second kappa shape index (κ2) is 8.52. The summed E-state index contributed by atoms with van der Waals surface area (Å²) in [5.74, 6) is -0.494. The van der Waals surface area contributed by atoms with Gasteiger partial charge < -0.3 is 10.5 Å². The highest BCUT2D eigenvalue weighted by atomic mass is 35.5. The van der Waals surface area contributed by atoms with Crippen LogP contribution in [0.3, 0.4) is 0 Å². The molecule has 0 fully saturated rings. The van der Waals surface area contributed by atoms with Crippen LogP contribution >= 0.6 is 11.6 Å². The quantitative estimate of drug-likeness (QED) is 0.394. The molecular weight excluding hydrogens is 441 g/mol. The Hall–Kier alpha value is -3.38. The van der Waals surface area contributed by atoms with E-state index in [-0.39, 0.29) is 23.7 Å². The zero-order valence-electron chi connectivity index (χ0n) is 18.1. The molecule has 168 valence electrons. The number of halogens is 2. The molecule has 2 N–H and O–H groups in total. The molecule has 0 spiro atoms. The molecule has 3 aromatic rings. The van der Waals surface area contributed by atoms with E-state index >= 15 is 0 Å². The third-order valence-corrected chi connectivity index (χ3v) is 6.62. The molecule has 33 heavy (non-hydrogen) atoms. The van der Waals surface area contributed by atoms with Crippen molar-refractivity contribution in [3.8, 4) is 0 Å². The van der Waals surface area contributed by atoms with Gasteiger partial charge >= 0.3 is 5.97 Å². The number of nitrogens with two attached hydrogens (primary N) is 1. The zero-order valence-corrected chi connectivity index (χ0v) is 18.8. The predicted molar refractivity (Wildman–Crippen MR) is 128 cm³/mol. The number of esters is 1. The Morgan fingerprint density at radius 3 is 2.70 bits per heavy atom. The number of hydrogen-bond acceptors (Lipinski definition) is 5. The Labute approximate surface area is 196 Å². The van der Waals surface area contributed by atoms with Gasteiger partial charge in [0.25, 0.3) is 0 Å². The van der Waals surface area contributed by atoms with Crippen LogP contribution < -0.4 is 10.7 Å². The van der Waals surface area contributed by atoms with Crippen molar-refractivity contribution >= 4 is 34.7 Å². The monoisotopic (exact) mass is 463 g/mol. The molecule has 0 saturated heterocycles. The summed E-state index contributed by atoms with van der Waals surface area (Å²) >= 11 is 6.32. The van der Waals surface area contributed by atoms with Gasteiger partial charge in [0, 0.05) is 11.5 Å². The smallest absolute Gasteiger partial charge is 0.338 e. The first kappa shape index (κ1) is 21.5. The normalized spacial score (nSPS) is 19.0. The van der Waals surface area contributed by atoms with Crippen molar-refractivity contribution < 1.29 is 13.9 Å². The number of nitrogen functional groups attached to an aromatic ring is 1. The number of hydrogen-bond donors (Lipinski definition) is 1. The lowest BCUT2D eigenvalue weighted by molar-refractivity contribution is 0.0526. The van der Waals surface area contributed by atoms with Crippen LogP contribution in [0.2, 0.25) is 5.02 Å². The topological polar surface area (TPSA) is 67.9 Å². The molecule has 2 aliphatic rings. The summed E-state index contributed by atoms with van der Waals surface area (Å²) in [7, 11) is 0. The van der Waals surface area contributed by atoms with Crippen LogP contribution in [0.1, 0.15) is 46.4 Å². The summed E-state index contributed by atoms with van der Waals surface area (Å²) in [6, 6.07) is 17.6. The first-order chi connectivity index (χ1) is 16.0. The van der Waals surface area contributed by atoms with Crippen LogP contribution in [0.25, 0.3) is 0 Å². The van der Waals surface area contributed by atoms with E-state index in [4.69, 9.17) is 27.2 Å². The van der Waals surface area contributed by atoms with Gasteiger partial charge in [-0.1, -0.05) is 29.8 Å². The maximum Gasteiger partial charge on any atom is 0.338 e. The first-order valence-corrected chi connectivity index (χ1v) is 11.3. The van der Waals surface area contributed by atoms with Gasteiger partial charge in [-0.3, -0.25) is 5.01 Å². The first-order valence-electron chi connectivity index (χ1n) is 10.9. The van der Waals surface area contributed by atoms with E-state index < -0.39 is 0 Å². The van der Waals surface area contributed by atoms with Gasteiger partial charge in [0.05, 0.1) is 40.3 Å². The summed E-state index contributed by atoms with van der Waals surface area (Å²) in [4.78, 5) is 12.2. The molecular formula is C26H23ClFN3O2. The van der Waals surface area contributed by atoms with Gasteiger partial charge in [-0.05, 0) is 73.4 Å². The van der Waals surface area contributed by atoms with E-state index in [1.807, 2.05) is 35.3 Å². The van der Waals surface area contributed by atoms with Crippen molar-refractivity contribution in [1.29, 1.82) is 0 Å². The minimum Gasteiger partial charge on any atom is -0.462 e. The number of ether oxygens (including phenoxy) is 1. The van der Waals surface area contributed by atoms with Gasteiger partial charge in [0.2, 0.25) is 0 Å². The molecule has 7 heteroatoms. The van der Waals surface area contributed by atoms with Crippen LogP contribution in [0, 0.1) is 11.7 Å². The van der Waals surface area contributed by atoms with Crippen molar-refractivity contribution in [3.63, 3.8) is 0 Å².